The van der Waals surface area contributed by atoms with E-state index >= 15 is 0 Å². The molecule has 0 unspecified atom stereocenters. The van der Waals surface area contributed by atoms with E-state index in [2.05, 4.69) is 11.4 Å². The SMILES string of the molecule is COc1cc(CNCCC2=CCCCC2)cc([N+](=O)[O-])c1. The summed E-state index contributed by atoms with van der Waals surface area (Å²) in [6.07, 6.45) is 8.44. The van der Waals surface area contributed by atoms with Crippen LogP contribution in [0.1, 0.15) is 37.7 Å². The highest BCUT2D eigenvalue weighted by molar-refractivity contribution is 5.42. The van der Waals surface area contributed by atoms with E-state index in [1.807, 2.05) is 6.07 Å². The third-order valence-corrected chi connectivity index (χ3v) is 3.73. The molecule has 0 aliphatic heterocycles. The maximum atomic E-state index is 10.9. The molecule has 0 radical (unpaired) electrons. The molecule has 0 saturated carbocycles. The molecule has 1 N–H and O–H groups in total. The average Bonchev–Trinajstić information content (AvgIpc) is 2.52. The number of nitrogens with zero attached hydrogens (tertiary/aromatic N) is 1. The van der Waals surface area contributed by atoms with Gasteiger partial charge in [-0.3, -0.25) is 10.1 Å². The van der Waals surface area contributed by atoms with E-state index in [-0.39, 0.29) is 5.69 Å². The lowest BCUT2D eigenvalue weighted by Gasteiger charge is -2.13. The minimum Gasteiger partial charge on any atom is -0.496 e. The maximum absolute atomic E-state index is 10.9. The summed E-state index contributed by atoms with van der Waals surface area (Å²) in [5.41, 5.74) is 2.48. The summed E-state index contributed by atoms with van der Waals surface area (Å²) in [7, 11) is 1.52. The molecule has 1 aliphatic rings. The Morgan fingerprint density at radius 1 is 1.33 bits per heavy atom. The second-order valence-electron chi connectivity index (χ2n) is 5.33. The van der Waals surface area contributed by atoms with Gasteiger partial charge in [-0.2, -0.15) is 0 Å². The highest BCUT2D eigenvalue weighted by Crippen LogP contribution is 2.23. The molecule has 0 aromatic heterocycles. The smallest absolute Gasteiger partial charge is 0.273 e. The van der Waals surface area contributed by atoms with E-state index in [1.165, 1.54) is 44.4 Å². The number of hydrogen-bond acceptors (Lipinski definition) is 4. The van der Waals surface area contributed by atoms with E-state index in [1.54, 1.807) is 6.07 Å². The summed E-state index contributed by atoms with van der Waals surface area (Å²) in [5.74, 6) is 0.524. The molecule has 0 saturated heterocycles. The third kappa shape index (κ3) is 4.86. The lowest BCUT2D eigenvalue weighted by Crippen LogP contribution is -2.15. The summed E-state index contributed by atoms with van der Waals surface area (Å²) < 4.78 is 5.11. The van der Waals surface area contributed by atoms with Crippen LogP contribution in [0.4, 0.5) is 5.69 Å². The fraction of sp³-hybridized carbons (Fsp3) is 0.500. The molecule has 21 heavy (non-hydrogen) atoms. The molecule has 1 aliphatic carbocycles. The minimum absolute atomic E-state index is 0.0705. The Balaban J connectivity index is 1.86. The Morgan fingerprint density at radius 2 is 2.19 bits per heavy atom. The molecule has 1 aromatic carbocycles. The van der Waals surface area contributed by atoms with Crippen LogP contribution in [-0.4, -0.2) is 18.6 Å². The van der Waals surface area contributed by atoms with Crippen molar-refractivity contribution in [2.24, 2.45) is 0 Å². The number of nitro groups is 1. The number of methoxy groups -OCH3 is 1. The largest absolute Gasteiger partial charge is 0.496 e. The molecular formula is C16H22N2O3. The van der Waals surface area contributed by atoms with Gasteiger partial charge in [-0.1, -0.05) is 11.6 Å². The predicted molar refractivity (Wildman–Crippen MR) is 82.5 cm³/mol. The van der Waals surface area contributed by atoms with Gasteiger partial charge in [0.2, 0.25) is 0 Å². The van der Waals surface area contributed by atoms with Gasteiger partial charge in [-0.25, -0.2) is 0 Å². The zero-order chi connectivity index (χ0) is 15.1. The quantitative estimate of drug-likeness (QED) is 0.361. The van der Waals surface area contributed by atoms with Crippen molar-refractivity contribution in [2.75, 3.05) is 13.7 Å². The Morgan fingerprint density at radius 3 is 2.86 bits per heavy atom. The number of nitrogens with one attached hydrogen (secondary N) is 1. The van der Waals surface area contributed by atoms with Crippen LogP contribution < -0.4 is 10.1 Å². The summed E-state index contributed by atoms with van der Waals surface area (Å²) in [5, 5.41) is 14.2. The first-order valence-corrected chi connectivity index (χ1v) is 7.40. The minimum atomic E-state index is -0.390. The second kappa shape index (κ2) is 7.78. The first kappa shape index (κ1) is 15.5. The van der Waals surface area contributed by atoms with E-state index in [0.29, 0.717) is 12.3 Å². The Labute approximate surface area is 125 Å². The standard InChI is InChI=1S/C16H22N2O3/c1-21-16-10-14(9-15(11-16)18(19)20)12-17-8-7-13-5-3-2-4-6-13/h5,9-11,17H,2-4,6-8,12H2,1H3. The van der Waals surface area contributed by atoms with Gasteiger partial charge in [0.15, 0.2) is 0 Å². The normalized spacial score (nSPS) is 14.6. The van der Waals surface area contributed by atoms with Gasteiger partial charge < -0.3 is 10.1 Å². The van der Waals surface area contributed by atoms with E-state index in [9.17, 15) is 10.1 Å². The van der Waals surface area contributed by atoms with Crippen molar-refractivity contribution in [3.05, 3.63) is 45.5 Å². The Bertz CT molecular complexity index is 526. The van der Waals surface area contributed by atoms with Crippen LogP contribution in [0.2, 0.25) is 0 Å². The molecular weight excluding hydrogens is 268 g/mol. The maximum Gasteiger partial charge on any atom is 0.273 e. The number of ether oxygens (including phenoxy) is 1. The monoisotopic (exact) mass is 290 g/mol. The van der Waals surface area contributed by atoms with Crippen LogP contribution >= 0.6 is 0 Å². The van der Waals surface area contributed by atoms with E-state index in [0.717, 1.165) is 18.5 Å². The second-order valence-corrected chi connectivity index (χ2v) is 5.33. The van der Waals surface area contributed by atoms with Crippen LogP contribution in [0.3, 0.4) is 0 Å². The molecule has 0 fully saturated rings. The van der Waals surface area contributed by atoms with Gasteiger partial charge in [-0.05, 0) is 50.3 Å². The van der Waals surface area contributed by atoms with E-state index < -0.39 is 4.92 Å². The number of rotatable bonds is 7. The fourth-order valence-corrected chi connectivity index (χ4v) is 2.58. The molecule has 0 spiro atoms. The number of benzene rings is 1. The summed E-state index contributed by atoms with van der Waals surface area (Å²) in [4.78, 5) is 10.5. The predicted octanol–water partition coefficient (Wildman–Crippen LogP) is 3.58. The molecule has 1 aromatic rings. The molecule has 0 heterocycles. The molecule has 114 valence electrons. The Kier molecular flexibility index (Phi) is 5.75. The zero-order valence-corrected chi connectivity index (χ0v) is 12.4. The lowest BCUT2D eigenvalue weighted by molar-refractivity contribution is -0.385. The fourth-order valence-electron chi connectivity index (χ4n) is 2.58. The Hall–Kier alpha value is -1.88. The van der Waals surface area contributed by atoms with Gasteiger partial charge >= 0.3 is 0 Å². The van der Waals surface area contributed by atoms with Gasteiger partial charge in [0.25, 0.3) is 5.69 Å². The van der Waals surface area contributed by atoms with Gasteiger partial charge in [0.05, 0.1) is 18.1 Å². The summed E-state index contributed by atoms with van der Waals surface area (Å²) in [6, 6.07) is 4.87. The molecule has 5 heteroatoms. The topological polar surface area (TPSA) is 64.4 Å². The number of nitro benzene ring substituents is 1. The van der Waals surface area contributed by atoms with Crippen LogP contribution in [0.15, 0.2) is 29.8 Å². The molecule has 2 rings (SSSR count). The van der Waals surface area contributed by atoms with Crippen LogP contribution in [0, 0.1) is 10.1 Å². The number of hydrogen-bond donors (Lipinski definition) is 1. The molecule has 0 amide bonds. The highest BCUT2D eigenvalue weighted by atomic mass is 16.6. The van der Waals surface area contributed by atoms with Crippen molar-refractivity contribution >= 4 is 5.69 Å². The number of allylic oxidation sites excluding steroid dienone is 1. The van der Waals surface area contributed by atoms with Crippen molar-refractivity contribution < 1.29 is 9.66 Å². The first-order chi connectivity index (χ1) is 10.2. The lowest BCUT2D eigenvalue weighted by atomic mass is 9.97. The highest BCUT2D eigenvalue weighted by Gasteiger charge is 2.10. The first-order valence-electron chi connectivity index (χ1n) is 7.40. The van der Waals surface area contributed by atoms with Crippen molar-refractivity contribution in [2.45, 2.75) is 38.6 Å². The van der Waals surface area contributed by atoms with Crippen molar-refractivity contribution in [3.8, 4) is 5.75 Å². The summed E-state index contributed by atoms with van der Waals surface area (Å²) >= 11 is 0. The van der Waals surface area contributed by atoms with Crippen molar-refractivity contribution in [1.29, 1.82) is 0 Å². The molecule has 5 nitrogen and oxygen atoms in total. The molecule has 0 bridgehead atoms. The molecule has 0 atom stereocenters. The van der Waals surface area contributed by atoms with Crippen LogP contribution in [-0.2, 0) is 6.54 Å². The van der Waals surface area contributed by atoms with Gasteiger partial charge in [-0.15, -0.1) is 0 Å². The van der Waals surface area contributed by atoms with Gasteiger partial charge in [0.1, 0.15) is 5.75 Å². The van der Waals surface area contributed by atoms with Crippen LogP contribution in [0.5, 0.6) is 5.75 Å². The van der Waals surface area contributed by atoms with Crippen molar-refractivity contribution in [1.82, 2.24) is 5.32 Å². The number of non-ortho nitro benzene ring substituents is 1. The zero-order valence-electron chi connectivity index (χ0n) is 12.4. The van der Waals surface area contributed by atoms with Crippen LogP contribution in [0.25, 0.3) is 0 Å². The third-order valence-electron chi connectivity index (χ3n) is 3.73. The van der Waals surface area contributed by atoms with Crippen molar-refractivity contribution in [3.63, 3.8) is 0 Å². The average molecular weight is 290 g/mol. The summed E-state index contributed by atoms with van der Waals surface area (Å²) in [6.45, 7) is 1.52. The van der Waals surface area contributed by atoms with E-state index in [4.69, 9.17) is 4.74 Å². The van der Waals surface area contributed by atoms with Gasteiger partial charge in [0, 0.05) is 12.6 Å².